The molecule has 0 aromatic heterocycles. The third-order valence-corrected chi connectivity index (χ3v) is 3.94. The summed E-state index contributed by atoms with van der Waals surface area (Å²) >= 11 is 0. The van der Waals surface area contributed by atoms with Crippen LogP contribution in [0, 0.1) is 0 Å². The standard InChI is InChI=1S/C9H11F3N2O2S/c1-14(2)17(15,16)8-4-3-6(13)5-7(8)9(10,11)12/h3-5H,13H2,1-2H3. The molecule has 0 amide bonds. The van der Waals surface area contributed by atoms with Gasteiger partial charge in [0.05, 0.1) is 10.5 Å². The molecule has 0 bridgehead atoms. The van der Waals surface area contributed by atoms with Crippen LogP contribution in [-0.2, 0) is 16.2 Å². The summed E-state index contributed by atoms with van der Waals surface area (Å²) < 4.78 is 62.2. The van der Waals surface area contributed by atoms with Gasteiger partial charge in [-0.25, -0.2) is 12.7 Å². The van der Waals surface area contributed by atoms with Crippen LogP contribution in [0.1, 0.15) is 5.56 Å². The van der Waals surface area contributed by atoms with Gasteiger partial charge in [-0.1, -0.05) is 0 Å². The number of sulfonamides is 1. The van der Waals surface area contributed by atoms with Gasteiger partial charge in [0.25, 0.3) is 0 Å². The van der Waals surface area contributed by atoms with Gasteiger partial charge in [-0.3, -0.25) is 0 Å². The maximum atomic E-state index is 12.7. The third kappa shape index (κ3) is 2.70. The third-order valence-electron chi connectivity index (χ3n) is 2.07. The summed E-state index contributed by atoms with van der Waals surface area (Å²) in [5, 5.41) is 0. The summed E-state index contributed by atoms with van der Waals surface area (Å²) in [6.07, 6.45) is -4.77. The molecule has 96 valence electrons. The smallest absolute Gasteiger partial charge is 0.399 e. The molecule has 17 heavy (non-hydrogen) atoms. The maximum Gasteiger partial charge on any atom is 0.417 e. The van der Waals surface area contributed by atoms with Gasteiger partial charge in [0, 0.05) is 19.8 Å². The van der Waals surface area contributed by atoms with Crippen LogP contribution in [0.15, 0.2) is 23.1 Å². The number of nitrogen functional groups attached to an aromatic ring is 1. The van der Waals surface area contributed by atoms with E-state index >= 15 is 0 Å². The van der Waals surface area contributed by atoms with Crippen molar-refractivity contribution in [2.75, 3.05) is 19.8 Å². The van der Waals surface area contributed by atoms with E-state index in [0.29, 0.717) is 10.4 Å². The Morgan fingerprint density at radius 1 is 1.24 bits per heavy atom. The number of nitrogens with two attached hydrogens (primary N) is 1. The molecule has 0 saturated carbocycles. The van der Waals surface area contributed by atoms with Crippen LogP contribution in [0.4, 0.5) is 18.9 Å². The second-order valence-electron chi connectivity index (χ2n) is 3.54. The van der Waals surface area contributed by atoms with Crippen LogP contribution in [0.25, 0.3) is 0 Å². The molecule has 8 heteroatoms. The van der Waals surface area contributed by atoms with Crippen molar-refractivity contribution in [2.45, 2.75) is 11.1 Å². The summed E-state index contributed by atoms with van der Waals surface area (Å²) in [5.74, 6) is 0. The van der Waals surface area contributed by atoms with E-state index in [0.717, 1.165) is 26.2 Å². The first-order valence-electron chi connectivity index (χ1n) is 4.46. The Kier molecular flexibility index (Phi) is 3.40. The van der Waals surface area contributed by atoms with Crippen LogP contribution < -0.4 is 5.73 Å². The molecule has 0 atom stereocenters. The van der Waals surface area contributed by atoms with Crippen molar-refractivity contribution >= 4 is 15.7 Å². The van der Waals surface area contributed by atoms with E-state index in [-0.39, 0.29) is 5.69 Å². The van der Waals surface area contributed by atoms with Crippen molar-refractivity contribution in [1.29, 1.82) is 0 Å². The van der Waals surface area contributed by atoms with Gasteiger partial charge in [-0.15, -0.1) is 0 Å². The molecular formula is C9H11F3N2O2S. The maximum absolute atomic E-state index is 12.7. The number of alkyl halides is 3. The Labute approximate surface area is 96.9 Å². The van der Waals surface area contributed by atoms with E-state index in [1.54, 1.807) is 0 Å². The molecular weight excluding hydrogens is 257 g/mol. The molecule has 1 aromatic carbocycles. The molecule has 4 nitrogen and oxygen atoms in total. The first-order valence-corrected chi connectivity index (χ1v) is 5.90. The van der Waals surface area contributed by atoms with Crippen molar-refractivity contribution in [3.8, 4) is 0 Å². The first kappa shape index (κ1) is 13.8. The van der Waals surface area contributed by atoms with Crippen molar-refractivity contribution < 1.29 is 21.6 Å². The fourth-order valence-electron chi connectivity index (χ4n) is 1.19. The first-order chi connectivity index (χ1) is 7.56. The molecule has 0 radical (unpaired) electrons. The predicted octanol–water partition coefficient (Wildman–Crippen LogP) is 1.54. The van der Waals surface area contributed by atoms with Gasteiger partial charge in [-0.05, 0) is 18.2 Å². The monoisotopic (exact) mass is 268 g/mol. The summed E-state index contributed by atoms with van der Waals surface area (Å²) in [6.45, 7) is 0. The van der Waals surface area contributed by atoms with E-state index in [9.17, 15) is 21.6 Å². The highest BCUT2D eigenvalue weighted by Gasteiger charge is 2.37. The molecule has 0 aliphatic rings. The van der Waals surface area contributed by atoms with Crippen LogP contribution in [-0.4, -0.2) is 26.8 Å². The highest BCUT2D eigenvalue weighted by atomic mass is 32.2. The predicted molar refractivity (Wildman–Crippen MR) is 56.7 cm³/mol. The zero-order valence-corrected chi connectivity index (χ0v) is 9.93. The Bertz CT molecular complexity index is 524. The Hall–Kier alpha value is -1.28. The molecule has 0 aliphatic heterocycles. The molecule has 0 heterocycles. The average Bonchev–Trinajstić information content (AvgIpc) is 2.15. The number of halogens is 3. The van der Waals surface area contributed by atoms with Gasteiger partial charge in [0.2, 0.25) is 10.0 Å². The van der Waals surface area contributed by atoms with E-state index in [4.69, 9.17) is 5.73 Å². The normalized spacial score (nSPS) is 13.1. The lowest BCUT2D eigenvalue weighted by atomic mass is 10.2. The zero-order chi connectivity index (χ0) is 13.4. The number of anilines is 1. The highest BCUT2D eigenvalue weighted by Crippen LogP contribution is 2.36. The minimum Gasteiger partial charge on any atom is -0.399 e. The quantitative estimate of drug-likeness (QED) is 0.827. The molecule has 2 N–H and O–H groups in total. The molecule has 0 fully saturated rings. The van der Waals surface area contributed by atoms with Gasteiger partial charge >= 0.3 is 6.18 Å². The highest BCUT2D eigenvalue weighted by molar-refractivity contribution is 7.89. The van der Waals surface area contributed by atoms with Crippen LogP contribution in [0.2, 0.25) is 0 Å². The van der Waals surface area contributed by atoms with Crippen LogP contribution in [0.5, 0.6) is 0 Å². The largest absolute Gasteiger partial charge is 0.417 e. The zero-order valence-electron chi connectivity index (χ0n) is 9.12. The minimum atomic E-state index is -4.77. The van der Waals surface area contributed by atoms with E-state index in [1.807, 2.05) is 0 Å². The number of rotatable bonds is 2. The molecule has 0 unspecified atom stereocenters. The van der Waals surface area contributed by atoms with Crippen molar-refractivity contribution in [3.63, 3.8) is 0 Å². The van der Waals surface area contributed by atoms with Crippen molar-refractivity contribution in [3.05, 3.63) is 23.8 Å². The van der Waals surface area contributed by atoms with Crippen molar-refractivity contribution in [1.82, 2.24) is 4.31 Å². The summed E-state index contributed by atoms with van der Waals surface area (Å²) in [7, 11) is -1.83. The molecule has 1 aromatic rings. The van der Waals surface area contributed by atoms with E-state index in [1.165, 1.54) is 0 Å². The summed E-state index contributed by atoms with van der Waals surface area (Å²) in [5.41, 5.74) is 3.83. The Morgan fingerprint density at radius 3 is 2.18 bits per heavy atom. The number of benzene rings is 1. The second kappa shape index (κ2) is 4.19. The fraction of sp³-hybridized carbons (Fsp3) is 0.333. The van der Waals surface area contributed by atoms with Gasteiger partial charge in [0.1, 0.15) is 0 Å². The minimum absolute atomic E-state index is 0.143. The number of hydrogen-bond acceptors (Lipinski definition) is 3. The van der Waals surface area contributed by atoms with Crippen molar-refractivity contribution in [2.24, 2.45) is 0 Å². The van der Waals surface area contributed by atoms with Crippen LogP contribution >= 0.6 is 0 Å². The van der Waals surface area contributed by atoms with Crippen LogP contribution in [0.3, 0.4) is 0 Å². The lowest BCUT2D eigenvalue weighted by molar-refractivity contribution is -0.139. The molecule has 0 saturated heterocycles. The SMILES string of the molecule is CN(C)S(=O)(=O)c1ccc(N)cc1C(F)(F)F. The van der Waals surface area contributed by atoms with Gasteiger partial charge in [0.15, 0.2) is 0 Å². The Balaban J connectivity index is 3.56. The Morgan fingerprint density at radius 2 is 1.76 bits per heavy atom. The fourth-order valence-corrected chi connectivity index (χ4v) is 2.28. The van der Waals surface area contributed by atoms with E-state index in [2.05, 4.69) is 0 Å². The molecule has 0 spiro atoms. The number of hydrogen-bond donors (Lipinski definition) is 1. The second-order valence-corrected chi connectivity index (χ2v) is 5.66. The summed E-state index contributed by atoms with van der Waals surface area (Å²) in [6, 6.07) is 2.58. The topological polar surface area (TPSA) is 63.4 Å². The van der Waals surface area contributed by atoms with Gasteiger partial charge < -0.3 is 5.73 Å². The lowest BCUT2D eigenvalue weighted by Crippen LogP contribution is -2.25. The average molecular weight is 268 g/mol. The molecule has 1 rings (SSSR count). The summed E-state index contributed by atoms with van der Waals surface area (Å²) in [4.78, 5) is -0.802. The number of nitrogens with zero attached hydrogens (tertiary/aromatic N) is 1. The molecule has 0 aliphatic carbocycles. The lowest BCUT2D eigenvalue weighted by Gasteiger charge is -2.17. The van der Waals surface area contributed by atoms with E-state index < -0.39 is 26.7 Å². The van der Waals surface area contributed by atoms with Gasteiger partial charge in [-0.2, -0.15) is 13.2 Å².